The number of rotatable bonds is 7. The fourth-order valence-electron chi connectivity index (χ4n) is 2.64. The predicted octanol–water partition coefficient (Wildman–Crippen LogP) is 2.73. The third-order valence-electron chi connectivity index (χ3n) is 4.33. The van der Waals surface area contributed by atoms with Gasteiger partial charge in [-0.05, 0) is 52.5 Å². The van der Waals surface area contributed by atoms with Crippen LogP contribution >= 0.6 is 22.7 Å². The van der Waals surface area contributed by atoms with Crippen LogP contribution < -0.4 is 5.32 Å². The lowest BCUT2D eigenvalue weighted by molar-refractivity contribution is 0.0721. The van der Waals surface area contributed by atoms with Crippen molar-refractivity contribution in [3.8, 4) is 0 Å². The van der Waals surface area contributed by atoms with Crippen LogP contribution in [0.1, 0.15) is 20.8 Å². The molecule has 148 valence electrons. The second-order valence-electron chi connectivity index (χ2n) is 6.34. The molecule has 9 heteroatoms. The zero-order chi connectivity index (χ0) is 20.4. The molecule has 0 saturated heterocycles. The van der Waals surface area contributed by atoms with Crippen LogP contribution in [-0.4, -0.2) is 44.4 Å². The van der Waals surface area contributed by atoms with E-state index >= 15 is 0 Å². The number of nitrogens with one attached hydrogen (secondary N) is 1. The van der Waals surface area contributed by atoms with Gasteiger partial charge in [-0.1, -0.05) is 6.07 Å². The van der Waals surface area contributed by atoms with E-state index in [1.54, 1.807) is 0 Å². The van der Waals surface area contributed by atoms with Gasteiger partial charge in [-0.25, -0.2) is 12.7 Å². The van der Waals surface area contributed by atoms with Crippen molar-refractivity contribution in [3.05, 3.63) is 74.6 Å². The molecule has 0 unspecified atom stereocenters. The lowest BCUT2D eigenvalue weighted by atomic mass is 9.94. The number of thiophene rings is 2. The van der Waals surface area contributed by atoms with Crippen LogP contribution in [0.15, 0.2) is 63.5 Å². The van der Waals surface area contributed by atoms with E-state index < -0.39 is 15.6 Å². The second-order valence-corrected chi connectivity index (χ2v) is 10.2. The first-order valence-corrected chi connectivity index (χ1v) is 11.6. The lowest BCUT2D eigenvalue weighted by Gasteiger charge is -2.27. The maximum Gasteiger partial charge on any atom is 0.251 e. The molecular formula is C19H20N2O4S3. The summed E-state index contributed by atoms with van der Waals surface area (Å²) in [7, 11) is -0.650. The minimum atomic E-state index is -3.55. The summed E-state index contributed by atoms with van der Waals surface area (Å²) < 4.78 is 25.4. The molecule has 3 rings (SSSR count). The first-order valence-electron chi connectivity index (χ1n) is 8.35. The quantitative estimate of drug-likeness (QED) is 0.596. The van der Waals surface area contributed by atoms with Crippen molar-refractivity contribution in [2.45, 2.75) is 10.5 Å². The van der Waals surface area contributed by atoms with Gasteiger partial charge in [0.25, 0.3) is 5.91 Å². The predicted molar refractivity (Wildman–Crippen MR) is 111 cm³/mol. The Morgan fingerprint density at radius 2 is 1.86 bits per heavy atom. The Labute approximate surface area is 172 Å². The molecule has 2 heterocycles. The third-order valence-corrected chi connectivity index (χ3v) is 7.86. The molecule has 0 aliphatic carbocycles. The van der Waals surface area contributed by atoms with Gasteiger partial charge in [-0.3, -0.25) is 4.79 Å². The largest absolute Gasteiger partial charge is 0.378 e. The van der Waals surface area contributed by atoms with Gasteiger partial charge in [0.2, 0.25) is 10.0 Å². The maximum atomic E-state index is 12.5. The van der Waals surface area contributed by atoms with Crippen LogP contribution in [0.2, 0.25) is 0 Å². The molecule has 0 aliphatic rings. The molecule has 1 aromatic carbocycles. The summed E-state index contributed by atoms with van der Waals surface area (Å²) in [6, 6.07) is 11.2. The minimum Gasteiger partial charge on any atom is -0.378 e. The summed E-state index contributed by atoms with van der Waals surface area (Å²) in [6.07, 6.45) is 0. The van der Waals surface area contributed by atoms with Crippen molar-refractivity contribution >= 4 is 38.6 Å². The summed E-state index contributed by atoms with van der Waals surface area (Å²) in [6.45, 7) is 0.000821. The normalized spacial score (nSPS) is 14.0. The number of hydrogen-bond donors (Lipinski definition) is 2. The average Bonchev–Trinajstić information content (AvgIpc) is 3.40. The standard InChI is InChI=1S/C19H20N2O4S3/c1-21(2)28(24,25)16-7-5-14(6-8-16)18(22)20-13-19(23,15-9-11-26-12-15)17-4-3-10-27-17/h3-12,23H,13H2,1-2H3,(H,20,22)/t19-/m0/s1. The lowest BCUT2D eigenvalue weighted by Crippen LogP contribution is -2.41. The van der Waals surface area contributed by atoms with Crippen LogP contribution in [0.5, 0.6) is 0 Å². The van der Waals surface area contributed by atoms with E-state index in [4.69, 9.17) is 0 Å². The molecule has 2 N–H and O–H groups in total. The molecule has 6 nitrogen and oxygen atoms in total. The van der Waals surface area contributed by atoms with E-state index in [9.17, 15) is 18.3 Å². The van der Waals surface area contributed by atoms with Gasteiger partial charge in [0.1, 0.15) is 5.60 Å². The fourth-order valence-corrected chi connectivity index (χ4v) is 5.12. The zero-order valence-electron chi connectivity index (χ0n) is 15.3. The number of benzene rings is 1. The molecule has 0 bridgehead atoms. The van der Waals surface area contributed by atoms with E-state index in [-0.39, 0.29) is 17.3 Å². The number of carbonyl (C=O) groups is 1. The molecule has 3 aromatic rings. The summed E-state index contributed by atoms with van der Waals surface area (Å²) in [4.78, 5) is 13.4. The van der Waals surface area contributed by atoms with Crippen molar-refractivity contribution in [1.29, 1.82) is 0 Å². The monoisotopic (exact) mass is 436 g/mol. The van der Waals surface area contributed by atoms with E-state index in [0.29, 0.717) is 11.1 Å². The minimum absolute atomic E-state index is 0.000821. The Morgan fingerprint density at radius 1 is 1.14 bits per heavy atom. The van der Waals surface area contributed by atoms with E-state index in [2.05, 4.69) is 5.32 Å². The highest BCUT2D eigenvalue weighted by Crippen LogP contribution is 2.33. The molecule has 0 saturated carbocycles. The van der Waals surface area contributed by atoms with Crippen molar-refractivity contribution in [3.63, 3.8) is 0 Å². The number of carbonyl (C=O) groups excluding carboxylic acids is 1. The van der Waals surface area contributed by atoms with Gasteiger partial charge < -0.3 is 10.4 Å². The highest BCUT2D eigenvalue weighted by Gasteiger charge is 2.33. The summed E-state index contributed by atoms with van der Waals surface area (Å²) in [5.74, 6) is -0.390. The summed E-state index contributed by atoms with van der Waals surface area (Å²) in [5.41, 5.74) is -0.290. The van der Waals surface area contributed by atoms with E-state index in [1.807, 2.05) is 34.3 Å². The summed E-state index contributed by atoms with van der Waals surface area (Å²) in [5, 5.41) is 19.6. The van der Waals surface area contributed by atoms with Crippen LogP contribution in [0, 0.1) is 0 Å². The zero-order valence-corrected chi connectivity index (χ0v) is 17.8. The van der Waals surface area contributed by atoms with Crippen LogP contribution in [-0.2, 0) is 15.6 Å². The maximum absolute atomic E-state index is 12.5. The Kier molecular flexibility index (Phi) is 6.01. The smallest absolute Gasteiger partial charge is 0.251 e. The van der Waals surface area contributed by atoms with Gasteiger partial charge in [-0.15, -0.1) is 11.3 Å². The summed E-state index contributed by atoms with van der Waals surface area (Å²) >= 11 is 2.89. The van der Waals surface area contributed by atoms with Crippen LogP contribution in [0.4, 0.5) is 0 Å². The first-order chi connectivity index (χ1) is 13.2. The Balaban J connectivity index is 1.77. The van der Waals surface area contributed by atoms with E-state index in [1.165, 1.54) is 61.0 Å². The molecule has 1 amide bonds. The number of sulfonamides is 1. The first kappa shape index (κ1) is 20.7. The topological polar surface area (TPSA) is 86.7 Å². The fraction of sp³-hybridized carbons (Fsp3) is 0.211. The Hall–Kier alpha value is -2.04. The highest BCUT2D eigenvalue weighted by atomic mass is 32.2. The van der Waals surface area contributed by atoms with Gasteiger partial charge in [0.05, 0.1) is 11.4 Å². The second kappa shape index (κ2) is 8.14. The number of amides is 1. The SMILES string of the molecule is CN(C)S(=O)(=O)c1ccc(C(=O)NC[C@](O)(c2ccsc2)c2cccs2)cc1. The Bertz CT molecular complexity index is 991. The van der Waals surface area contributed by atoms with Crippen molar-refractivity contribution < 1.29 is 18.3 Å². The molecule has 28 heavy (non-hydrogen) atoms. The van der Waals surface area contributed by atoms with Gasteiger partial charge in [0.15, 0.2) is 0 Å². The van der Waals surface area contributed by atoms with Gasteiger partial charge >= 0.3 is 0 Å². The molecule has 0 fully saturated rings. The van der Waals surface area contributed by atoms with Gasteiger partial charge in [0, 0.05) is 30.1 Å². The molecule has 0 aliphatic heterocycles. The van der Waals surface area contributed by atoms with Gasteiger partial charge in [-0.2, -0.15) is 11.3 Å². The number of aliphatic hydroxyl groups is 1. The van der Waals surface area contributed by atoms with Crippen molar-refractivity contribution in [2.24, 2.45) is 0 Å². The van der Waals surface area contributed by atoms with Crippen molar-refractivity contribution in [2.75, 3.05) is 20.6 Å². The molecular weight excluding hydrogens is 416 g/mol. The van der Waals surface area contributed by atoms with Crippen molar-refractivity contribution in [1.82, 2.24) is 9.62 Å². The molecule has 2 aromatic heterocycles. The molecule has 1 atom stereocenters. The Morgan fingerprint density at radius 3 is 2.39 bits per heavy atom. The number of hydrogen-bond acceptors (Lipinski definition) is 6. The van der Waals surface area contributed by atoms with Crippen LogP contribution in [0.25, 0.3) is 0 Å². The molecule has 0 spiro atoms. The van der Waals surface area contributed by atoms with E-state index in [0.717, 1.165) is 9.18 Å². The highest BCUT2D eigenvalue weighted by molar-refractivity contribution is 7.89. The molecule has 0 radical (unpaired) electrons. The third kappa shape index (κ3) is 4.03. The van der Waals surface area contributed by atoms with Crippen LogP contribution in [0.3, 0.4) is 0 Å². The average molecular weight is 437 g/mol. The number of nitrogens with zero attached hydrogens (tertiary/aromatic N) is 1.